The van der Waals surface area contributed by atoms with Gasteiger partial charge in [0, 0.05) is 29.3 Å². The van der Waals surface area contributed by atoms with Crippen molar-refractivity contribution in [2.45, 2.75) is 32.2 Å². The van der Waals surface area contributed by atoms with E-state index in [-0.39, 0.29) is 0 Å². The van der Waals surface area contributed by atoms with E-state index in [1.165, 1.54) is 5.56 Å². The average molecular weight is 281 g/mol. The molecule has 0 radical (unpaired) electrons. The molecule has 1 unspecified atom stereocenters. The average Bonchev–Trinajstić information content (AvgIpc) is 2.29. The van der Waals surface area contributed by atoms with Crippen LogP contribution >= 0.6 is 15.9 Å². The molecule has 0 aliphatic carbocycles. The van der Waals surface area contributed by atoms with Gasteiger partial charge in [0.15, 0.2) is 0 Å². The SMILES string of the molecule is C#CCCC(NCCC)c1cncc(Br)c1. The molecule has 16 heavy (non-hydrogen) atoms. The lowest BCUT2D eigenvalue weighted by Crippen LogP contribution is -2.22. The minimum atomic E-state index is 0.306. The molecular weight excluding hydrogens is 264 g/mol. The Morgan fingerprint density at radius 2 is 2.38 bits per heavy atom. The lowest BCUT2D eigenvalue weighted by molar-refractivity contribution is 0.504. The van der Waals surface area contributed by atoms with E-state index in [0.29, 0.717) is 6.04 Å². The van der Waals surface area contributed by atoms with Crippen LogP contribution in [0.15, 0.2) is 22.9 Å². The van der Waals surface area contributed by atoms with Crippen molar-refractivity contribution in [2.24, 2.45) is 0 Å². The van der Waals surface area contributed by atoms with Crippen LogP contribution in [0.4, 0.5) is 0 Å². The third-order valence-corrected chi connectivity index (χ3v) is 2.78. The monoisotopic (exact) mass is 280 g/mol. The molecule has 0 fully saturated rings. The maximum Gasteiger partial charge on any atom is 0.0410 e. The molecule has 1 aromatic rings. The molecule has 3 heteroatoms. The highest BCUT2D eigenvalue weighted by atomic mass is 79.9. The Balaban J connectivity index is 2.70. The highest BCUT2D eigenvalue weighted by Crippen LogP contribution is 2.20. The van der Waals surface area contributed by atoms with Gasteiger partial charge in [-0.3, -0.25) is 4.98 Å². The van der Waals surface area contributed by atoms with Gasteiger partial charge >= 0.3 is 0 Å². The van der Waals surface area contributed by atoms with Crippen LogP contribution in [0.3, 0.4) is 0 Å². The van der Waals surface area contributed by atoms with E-state index in [2.05, 4.69) is 45.1 Å². The molecule has 86 valence electrons. The fourth-order valence-corrected chi connectivity index (χ4v) is 1.93. The second kappa shape index (κ2) is 7.43. The van der Waals surface area contributed by atoms with Crippen LogP contribution in [0, 0.1) is 12.3 Å². The Bertz CT molecular complexity index is 357. The van der Waals surface area contributed by atoms with Crippen LogP contribution in [0.25, 0.3) is 0 Å². The van der Waals surface area contributed by atoms with Gasteiger partial charge in [-0.15, -0.1) is 12.3 Å². The molecule has 1 N–H and O–H groups in total. The van der Waals surface area contributed by atoms with Crippen molar-refractivity contribution in [3.8, 4) is 12.3 Å². The van der Waals surface area contributed by atoms with Crippen LogP contribution in [-0.2, 0) is 0 Å². The Morgan fingerprint density at radius 3 is 3.00 bits per heavy atom. The first-order chi connectivity index (χ1) is 7.77. The highest BCUT2D eigenvalue weighted by molar-refractivity contribution is 9.10. The first-order valence-corrected chi connectivity index (χ1v) is 6.34. The predicted octanol–water partition coefficient (Wildman–Crippen LogP) is 3.30. The van der Waals surface area contributed by atoms with Crippen LogP contribution in [0.5, 0.6) is 0 Å². The Morgan fingerprint density at radius 1 is 1.56 bits per heavy atom. The summed E-state index contributed by atoms with van der Waals surface area (Å²) in [6, 6.07) is 2.40. The second-order valence-electron chi connectivity index (χ2n) is 3.69. The normalized spacial score (nSPS) is 12.1. The summed E-state index contributed by atoms with van der Waals surface area (Å²) >= 11 is 3.44. The van der Waals surface area contributed by atoms with Gasteiger partial charge in [0.2, 0.25) is 0 Å². The number of rotatable bonds is 6. The minimum absolute atomic E-state index is 0.306. The number of hydrogen-bond donors (Lipinski definition) is 1. The zero-order chi connectivity index (χ0) is 11.8. The van der Waals surface area contributed by atoms with Crippen molar-refractivity contribution < 1.29 is 0 Å². The van der Waals surface area contributed by atoms with Gasteiger partial charge in [0.05, 0.1) is 0 Å². The third kappa shape index (κ3) is 4.34. The van der Waals surface area contributed by atoms with Crippen LogP contribution in [0.2, 0.25) is 0 Å². The molecule has 0 saturated heterocycles. The largest absolute Gasteiger partial charge is 0.310 e. The molecule has 0 bridgehead atoms. The topological polar surface area (TPSA) is 24.9 Å². The zero-order valence-electron chi connectivity index (χ0n) is 9.54. The fourth-order valence-electron chi connectivity index (χ4n) is 1.55. The summed E-state index contributed by atoms with van der Waals surface area (Å²) in [6.07, 6.45) is 11.9. The van der Waals surface area contributed by atoms with Crippen molar-refractivity contribution in [3.05, 3.63) is 28.5 Å². The van der Waals surface area contributed by atoms with E-state index >= 15 is 0 Å². The highest BCUT2D eigenvalue weighted by Gasteiger charge is 2.10. The van der Waals surface area contributed by atoms with E-state index < -0.39 is 0 Å². The molecule has 0 aliphatic rings. The van der Waals surface area contributed by atoms with Gasteiger partial charge in [-0.05, 0) is 46.9 Å². The van der Waals surface area contributed by atoms with Crippen molar-refractivity contribution in [2.75, 3.05) is 6.54 Å². The van der Waals surface area contributed by atoms with Gasteiger partial charge in [0.1, 0.15) is 0 Å². The Kier molecular flexibility index (Phi) is 6.14. The molecule has 0 spiro atoms. The van der Waals surface area contributed by atoms with Gasteiger partial charge < -0.3 is 5.32 Å². The minimum Gasteiger partial charge on any atom is -0.310 e. The summed E-state index contributed by atoms with van der Waals surface area (Å²) < 4.78 is 1.01. The Labute approximate surface area is 106 Å². The lowest BCUT2D eigenvalue weighted by atomic mass is 10.0. The summed E-state index contributed by atoms with van der Waals surface area (Å²) in [5.74, 6) is 2.69. The van der Waals surface area contributed by atoms with Crippen LogP contribution < -0.4 is 5.32 Å². The van der Waals surface area contributed by atoms with E-state index in [1.807, 2.05) is 6.20 Å². The summed E-state index contributed by atoms with van der Waals surface area (Å²) in [4.78, 5) is 4.18. The molecule has 0 amide bonds. The summed E-state index contributed by atoms with van der Waals surface area (Å²) in [5.41, 5.74) is 1.19. The molecule has 0 aromatic carbocycles. The number of halogens is 1. The number of aromatic nitrogens is 1. The molecular formula is C13H17BrN2. The van der Waals surface area contributed by atoms with Crippen LogP contribution in [0.1, 0.15) is 37.8 Å². The van der Waals surface area contributed by atoms with E-state index in [1.54, 1.807) is 6.20 Å². The smallest absolute Gasteiger partial charge is 0.0410 e. The predicted molar refractivity (Wildman–Crippen MR) is 71.0 cm³/mol. The van der Waals surface area contributed by atoms with Gasteiger partial charge in [-0.25, -0.2) is 0 Å². The summed E-state index contributed by atoms with van der Waals surface area (Å²) in [6.45, 7) is 3.16. The molecule has 1 aromatic heterocycles. The van der Waals surface area contributed by atoms with Crippen molar-refractivity contribution in [1.82, 2.24) is 10.3 Å². The Hall–Kier alpha value is -0.850. The standard InChI is InChI=1S/C13H17BrN2/c1-3-5-6-13(16-7-4-2)11-8-12(14)10-15-9-11/h1,8-10,13,16H,4-7H2,2H3. The van der Waals surface area contributed by atoms with Crippen molar-refractivity contribution in [1.29, 1.82) is 0 Å². The maximum atomic E-state index is 5.31. The fraction of sp³-hybridized carbons (Fsp3) is 0.462. The van der Waals surface area contributed by atoms with Crippen molar-refractivity contribution >= 4 is 15.9 Å². The second-order valence-corrected chi connectivity index (χ2v) is 4.60. The zero-order valence-corrected chi connectivity index (χ0v) is 11.1. The first-order valence-electron chi connectivity index (χ1n) is 5.55. The maximum absolute atomic E-state index is 5.31. The van der Waals surface area contributed by atoms with E-state index in [9.17, 15) is 0 Å². The quantitative estimate of drug-likeness (QED) is 0.809. The lowest BCUT2D eigenvalue weighted by Gasteiger charge is -2.17. The number of terminal acetylenes is 1. The molecule has 1 heterocycles. The van der Waals surface area contributed by atoms with E-state index in [0.717, 1.165) is 30.3 Å². The van der Waals surface area contributed by atoms with Gasteiger partial charge in [-0.1, -0.05) is 6.92 Å². The number of hydrogen-bond acceptors (Lipinski definition) is 2. The molecule has 1 atom stereocenters. The molecule has 2 nitrogen and oxygen atoms in total. The summed E-state index contributed by atoms with van der Waals surface area (Å²) in [7, 11) is 0. The van der Waals surface area contributed by atoms with E-state index in [4.69, 9.17) is 6.42 Å². The first kappa shape index (κ1) is 13.2. The molecule has 1 rings (SSSR count). The third-order valence-electron chi connectivity index (χ3n) is 2.35. The number of pyridine rings is 1. The van der Waals surface area contributed by atoms with Crippen LogP contribution in [-0.4, -0.2) is 11.5 Å². The number of nitrogens with one attached hydrogen (secondary N) is 1. The van der Waals surface area contributed by atoms with Gasteiger partial charge in [-0.2, -0.15) is 0 Å². The molecule has 0 aliphatic heterocycles. The van der Waals surface area contributed by atoms with Gasteiger partial charge in [0.25, 0.3) is 0 Å². The summed E-state index contributed by atoms with van der Waals surface area (Å²) in [5, 5.41) is 3.49. The van der Waals surface area contributed by atoms with Crippen molar-refractivity contribution in [3.63, 3.8) is 0 Å². The number of nitrogens with zero attached hydrogens (tertiary/aromatic N) is 1. The molecule has 0 saturated carbocycles.